The number of amides is 1. The zero-order valence-corrected chi connectivity index (χ0v) is 19.8. The fourth-order valence-electron chi connectivity index (χ4n) is 5.33. The van der Waals surface area contributed by atoms with Gasteiger partial charge in [-0.1, -0.05) is 44.2 Å². The van der Waals surface area contributed by atoms with Crippen LogP contribution in [0.25, 0.3) is 10.9 Å². The number of esters is 1. The third kappa shape index (κ3) is 3.62. The predicted octanol–water partition coefficient (Wildman–Crippen LogP) is 2.08. The predicted molar refractivity (Wildman–Crippen MR) is 130 cm³/mol. The second kappa shape index (κ2) is 8.58. The lowest BCUT2D eigenvalue weighted by atomic mass is 9.86. The van der Waals surface area contributed by atoms with Crippen molar-refractivity contribution < 1.29 is 19.4 Å². The van der Waals surface area contributed by atoms with Crippen molar-refractivity contribution in [1.82, 2.24) is 14.9 Å². The Kier molecular flexibility index (Phi) is 5.69. The molecular weight excluding hydrogens is 448 g/mol. The van der Waals surface area contributed by atoms with E-state index in [4.69, 9.17) is 4.74 Å². The summed E-state index contributed by atoms with van der Waals surface area (Å²) in [6, 6.07) is 12.4. The molecule has 1 saturated heterocycles. The van der Waals surface area contributed by atoms with Gasteiger partial charge in [-0.2, -0.15) is 0 Å². The molecule has 182 valence electrons. The molecule has 0 bridgehead atoms. The summed E-state index contributed by atoms with van der Waals surface area (Å²) < 4.78 is 6.25. The molecular formula is C26H28N4O5. The summed E-state index contributed by atoms with van der Waals surface area (Å²) in [6.07, 6.45) is 0.945. The van der Waals surface area contributed by atoms with Crippen molar-refractivity contribution >= 4 is 28.5 Å². The highest BCUT2D eigenvalue weighted by Gasteiger charge is 2.58. The number of nitrogens with one attached hydrogen (secondary N) is 1. The third-order valence-electron chi connectivity index (χ3n) is 6.95. The first-order chi connectivity index (χ1) is 16.8. The first-order valence-corrected chi connectivity index (χ1v) is 11.7. The summed E-state index contributed by atoms with van der Waals surface area (Å²) in [4.78, 5) is 45.5. The minimum atomic E-state index is -1.65. The SMILES string of the molecule is COC(=O)[C@H](C[C@]1(O)c2ccccc2N2C(=O)[C@@H](CC(C)C)N[C@@H]21)n1cnc2ccccc2c1=O. The number of para-hydroxylation sites is 2. The van der Waals surface area contributed by atoms with Crippen LogP contribution in [0.15, 0.2) is 59.7 Å². The first kappa shape index (κ1) is 23.2. The van der Waals surface area contributed by atoms with Crippen LogP contribution in [-0.4, -0.2) is 45.9 Å². The Morgan fingerprint density at radius 3 is 2.63 bits per heavy atom. The normalized spacial score (nSPS) is 24.0. The molecule has 0 aliphatic carbocycles. The van der Waals surface area contributed by atoms with E-state index >= 15 is 0 Å². The molecule has 1 fully saturated rings. The molecule has 2 aliphatic rings. The van der Waals surface area contributed by atoms with Crippen molar-refractivity contribution in [3.05, 3.63) is 70.8 Å². The molecule has 5 rings (SSSR count). The van der Waals surface area contributed by atoms with Gasteiger partial charge in [0, 0.05) is 12.0 Å². The first-order valence-electron chi connectivity index (χ1n) is 11.7. The lowest BCUT2D eigenvalue weighted by Crippen LogP contribution is -2.51. The Labute approximate surface area is 202 Å². The molecule has 9 nitrogen and oxygen atoms in total. The highest BCUT2D eigenvalue weighted by molar-refractivity contribution is 6.02. The van der Waals surface area contributed by atoms with Gasteiger partial charge in [-0.25, -0.2) is 9.78 Å². The summed E-state index contributed by atoms with van der Waals surface area (Å²) in [5, 5.41) is 15.8. The Morgan fingerprint density at radius 1 is 1.17 bits per heavy atom. The van der Waals surface area contributed by atoms with E-state index in [1.165, 1.54) is 18.0 Å². The van der Waals surface area contributed by atoms with Crippen molar-refractivity contribution in [2.45, 2.75) is 50.5 Å². The van der Waals surface area contributed by atoms with Gasteiger partial charge < -0.3 is 9.84 Å². The monoisotopic (exact) mass is 476 g/mol. The lowest BCUT2D eigenvalue weighted by Gasteiger charge is -2.33. The van der Waals surface area contributed by atoms with Crippen LogP contribution in [0.3, 0.4) is 0 Å². The Hall–Kier alpha value is -3.56. The summed E-state index contributed by atoms with van der Waals surface area (Å²) >= 11 is 0. The van der Waals surface area contributed by atoms with E-state index in [-0.39, 0.29) is 18.2 Å². The van der Waals surface area contributed by atoms with Crippen LogP contribution in [0, 0.1) is 5.92 Å². The van der Waals surface area contributed by atoms with Crippen molar-refractivity contribution in [2.24, 2.45) is 5.92 Å². The number of carbonyl (C=O) groups excluding carboxylic acids is 2. The smallest absolute Gasteiger partial charge is 0.329 e. The number of benzene rings is 2. The second-order valence-corrected chi connectivity index (χ2v) is 9.62. The minimum Gasteiger partial charge on any atom is -0.467 e. The van der Waals surface area contributed by atoms with Gasteiger partial charge in [0.15, 0.2) is 0 Å². The van der Waals surface area contributed by atoms with E-state index in [9.17, 15) is 19.5 Å². The molecule has 2 N–H and O–H groups in total. The number of methoxy groups -OCH3 is 1. The highest BCUT2D eigenvalue weighted by atomic mass is 16.5. The molecule has 4 atom stereocenters. The van der Waals surface area contributed by atoms with Gasteiger partial charge >= 0.3 is 5.97 Å². The van der Waals surface area contributed by atoms with Crippen molar-refractivity contribution in [2.75, 3.05) is 12.0 Å². The van der Waals surface area contributed by atoms with Crippen LogP contribution < -0.4 is 15.8 Å². The topological polar surface area (TPSA) is 114 Å². The summed E-state index contributed by atoms with van der Waals surface area (Å²) in [7, 11) is 1.24. The van der Waals surface area contributed by atoms with Crippen LogP contribution in [-0.2, 0) is 19.9 Å². The molecule has 0 radical (unpaired) electrons. The third-order valence-corrected chi connectivity index (χ3v) is 6.95. The lowest BCUT2D eigenvalue weighted by molar-refractivity contribution is -0.147. The van der Waals surface area contributed by atoms with Crippen LogP contribution in [0.5, 0.6) is 0 Å². The average molecular weight is 477 g/mol. The average Bonchev–Trinajstić information content (AvgIpc) is 3.30. The number of fused-ring (bicyclic) bond motifs is 4. The van der Waals surface area contributed by atoms with E-state index in [0.29, 0.717) is 28.6 Å². The van der Waals surface area contributed by atoms with Crippen molar-refractivity contribution in [1.29, 1.82) is 0 Å². The van der Waals surface area contributed by atoms with Gasteiger partial charge in [-0.15, -0.1) is 0 Å². The number of nitrogens with zero attached hydrogens (tertiary/aromatic N) is 3. The maximum Gasteiger partial charge on any atom is 0.329 e. The van der Waals surface area contributed by atoms with E-state index in [2.05, 4.69) is 10.3 Å². The van der Waals surface area contributed by atoms with E-state index in [1.54, 1.807) is 53.4 Å². The molecule has 1 amide bonds. The number of rotatable bonds is 6. The van der Waals surface area contributed by atoms with Crippen molar-refractivity contribution in [3.8, 4) is 0 Å². The molecule has 35 heavy (non-hydrogen) atoms. The maximum absolute atomic E-state index is 13.3. The fourth-order valence-corrected chi connectivity index (χ4v) is 5.33. The van der Waals surface area contributed by atoms with E-state index in [0.717, 1.165) is 0 Å². The Morgan fingerprint density at radius 2 is 1.89 bits per heavy atom. The number of anilines is 1. The van der Waals surface area contributed by atoms with Gasteiger partial charge in [0.25, 0.3) is 5.56 Å². The molecule has 1 aromatic heterocycles. The molecule has 0 spiro atoms. The molecule has 0 saturated carbocycles. The summed E-state index contributed by atoms with van der Waals surface area (Å²) in [6.45, 7) is 4.07. The quantitative estimate of drug-likeness (QED) is 0.524. The number of ether oxygens (including phenoxy) is 1. The van der Waals surface area contributed by atoms with E-state index < -0.39 is 35.4 Å². The number of hydrogen-bond acceptors (Lipinski definition) is 7. The minimum absolute atomic E-state index is 0.119. The number of carbonyl (C=O) groups is 2. The largest absolute Gasteiger partial charge is 0.467 e. The molecule has 9 heteroatoms. The zero-order valence-electron chi connectivity index (χ0n) is 19.8. The number of aliphatic hydroxyl groups is 1. The fraction of sp³-hybridized carbons (Fsp3) is 0.385. The number of hydrogen-bond donors (Lipinski definition) is 2. The van der Waals surface area contributed by atoms with Gasteiger partial charge in [-0.05, 0) is 30.5 Å². The van der Waals surface area contributed by atoms with Crippen LogP contribution >= 0.6 is 0 Å². The molecule has 2 aromatic carbocycles. The molecule has 3 aromatic rings. The summed E-state index contributed by atoms with van der Waals surface area (Å²) in [5.74, 6) is -0.535. The second-order valence-electron chi connectivity index (χ2n) is 9.62. The number of aromatic nitrogens is 2. The maximum atomic E-state index is 13.3. The van der Waals surface area contributed by atoms with Gasteiger partial charge in [-0.3, -0.25) is 24.4 Å². The van der Waals surface area contributed by atoms with E-state index in [1.807, 2.05) is 13.8 Å². The van der Waals surface area contributed by atoms with Gasteiger partial charge in [0.1, 0.15) is 17.8 Å². The van der Waals surface area contributed by atoms with Crippen LogP contribution in [0.1, 0.15) is 38.3 Å². The molecule has 0 unspecified atom stereocenters. The van der Waals surface area contributed by atoms with Gasteiger partial charge in [0.05, 0.1) is 36.1 Å². The van der Waals surface area contributed by atoms with Gasteiger partial charge in [0.2, 0.25) is 5.91 Å². The highest BCUT2D eigenvalue weighted by Crippen LogP contribution is 2.49. The van der Waals surface area contributed by atoms with Crippen LogP contribution in [0.4, 0.5) is 5.69 Å². The Bertz CT molecular complexity index is 1370. The standard InChI is InChI=1S/C26H28N4O5/c1-15(2)12-19-23(32)30-20-11-7-5-9-17(20)26(34,25(30)28-19)13-21(24(33)35-3)29-14-27-18-10-6-4-8-16(18)22(29)31/h4-11,14-15,19,21,25,28,34H,12-13H2,1-3H3/t19-,21+,25+,26+/m1/s1. The van der Waals surface area contributed by atoms with Crippen LogP contribution in [0.2, 0.25) is 0 Å². The molecule has 3 heterocycles. The zero-order chi connectivity index (χ0) is 24.9. The summed E-state index contributed by atoms with van der Waals surface area (Å²) in [5.41, 5.74) is -0.443. The van der Waals surface area contributed by atoms with Crippen molar-refractivity contribution in [3.63, 3.8) is 0 Å². The Balaban J connectivity index is 1.61. The molecule has 2 aliphatic heterocycles.